The molecule has 0 spiro atoms. The Hall–Kier alpha value is -5.93. The SMILES string of the molecule is c1ccc(-c2ccc(N(c3ccc(-c4ccccc4)cc3)c3ccc(-c4cc5oc6ccccc6c5cn4)cc3)cc2)cc1. The van der Waals surface area contributed by atoms with E-state index >= 15 is 0 Å². The van der Waals surface area contributed by atoms with Gasteiger partial charge in [-0.3, -0.25) is 4.98 Å². The zero-order valence-electron chi connectivity index (χ0n) is 24.0. The topological polar surface area (TPSA) is 29.3 Å². The maximum Gasteiger partial charge on any atom is 0.139 e. The second kappa shape index (κ2) is 11.0. The van der Waals surface area contributed by atoms with Crippen molar-refractivity contribution in [2.45, 2.75) is 0 Å². The lowest BCUT2D eigenvalue weighted by molar-refractivity contribution is 0.668. The smallest absolute Gasteiger partial charge is 0.139 e. The first-order valence-electron chi connectivity index (χ1n) is 14.8. The van der Waals surface area contributed by atoms with E-state index in [0.29, 0.717) is 0 Å². The van der Waals surface area contributed by atoms with E-state index in [1.807, 2.05) is 42.6 Å². The molecular weight excluding hydrogens is 536 g/mol. The lowest BCUT2D eigenvalue weighted by Gasteiger charge is -2.26. The molecule has 0 unspecified atom stereocenters. The van der Waals surface area contributed by atoms with Crippen molar-refractivity contribution in [2.24, 2.45) is 0 Å². The standard InChI is InChI=1S/C41H28N2O/c1-3-9-29(10-4-1)31-15-21-34(22-16-31)43(35-23-17-32(18-24-35)30-11-5-2-6-12-30)36-25-19-33(20-26-36)39-27-41-38(28-42-39)37-13-7-8-14-40(37)44-41/h1-28H. The van der Waals surface area contributed by atoms with Crippen LogP contribution in [0.2, 0.25) is 0 Å². The Labute approximate surface area is 256 Å². The highest BCUT2D eigenvalue weighted by Gasteiger charge is 2.15. The molecule has 2 aromatic heterocycles. The molecule has 0 saturated carbocycles. The van der Waals surface area contributed by atoms with Crippen LogP contribution in [-0.2, 0) is 0 Å². The van der Waals surface area contributed by atoms with Gasteiger partial charge in [0.2, 0.25) is 0 Å². The summed E-state index contributed by atoms with van der Waals surface area (Å²) >= 11 is 0. The Morgan fingerprint density at radius 1 is 0.386 bits per heavy atom. The van der Waals surface area contributed by atoms with Gasteiger partial charge in [0.1, 0.15) is 11.2 Å². The molecule has 0 aliphatic carbocycles. The molecule has 8 aromatic rings. The summed E-state index contributed by atoms with van der Waals surface area (Å²) < 4.78 is 6.13. The third-order valence-electron chi connectivity index (χ3n) is 8.15. The van der Waals surface area contributed by atoms with Crippen molar-refractivity contribution in [3.05, 3.63) is 170 Å². The van der Waals surface area contributed by atoms with Gasteiger partial charge < -0.3 is 9.32 Å². The summed E-state index contributed by atoms with van der Waals surface area (Å²) in [7, 11) is 0. The molecule has 8 rings (SSSR count). The van der Waals surface area contributed by atoms with E-state index in [4.69, 9.17) is 9.40 Å². The number of para-hydroxylation sites is 1. The highest BCUT2D eigenvalue weighted by Crippen LogP contribution is 2.38. The molecule has 6 aromatic carbocycles. The fraction of sp³-hybridized carbons (Fsp3) is 0. The number of aromatic nitrogens is 1. The molecule has 0 bridgehead atoms. The summed E-state index contributed by atoms with van der Waals surface area (Å²) in [6.07, 6.45) is 1.92. The summed E-state index contributed by atoms with van der Waals surface area (Å²) in [5.41, 5.74) is 11.7. The van der Waals surface area contributed by atoms with Crippen LogP contribution in [0, 0.1) is 0 Å². The van der Waals surface area contributed by atoms with Gasteiger partial charge >= 0.3 is 0 Å². The molecule has 0 N–H and O–H groups in total. The van der Waals surface area contributed by atoms with Crippen molar-refractivity contribution in [3.8, 4) is 33.5 Å². The zero-order valence-corrected chi connectivity index (χ0v) is 24.0. The van der Waals surface area contributed by atoms with Crippen LogP contribution >= 0.6 is 0 Å². The quantitative estimate of drug-likeness (QED) is 0.201. The molecule has 0 radical (unpaired) electrons. The molecule has 0 amide bonds. The number of hydrogen-bond acceptors (Lipinski definition) is 3. The second-order valence-corrected chi connectivity index (χ2v) is 10.9. The van der Waals surface area contributed by atoms with E-state index in [2.05, 4.69) is 132 Å². The summed E-state index contributed by atoms with van der Waals surface area (Å²) in [6, 6.07) is 57.2. The Bertz CT molecular complexity index is 2100. The molecule has 2 heterocycles. The van der Waals surface area contributed by atoms with Crippen molar-refractivity contribution in [3.63, 3.8) is 0 Å². The average molecular weight is 565 g/mol. The van der Waals surface area contributed by atoms with Crippen molar-refractivity contribution in [1.82, 2.24) is 4.98 Å². The third-order valence-corrected chi connectivity index (χ3v) is 8.15. The van der Waals surface area contributed by atoms with Crippen LogP contribution in [0.4, 0.5) is 17.1 Å². The minimum absolute atomic E-state index is 0.846. The number of pyridine rings is 1. The second-order valence-electron chi connectivity index (χ2n) is 10.9. The summed E-state index contributed by atoms with van der Waals surface area (Å²) in [4.78, 5) is 7.09. The molecule has 0 atom stereocenters. The summed E-state index contributed by atoms with van der Waals surface area (Å²) in [6.45, 7) is 0. The van der Waals surface area contributed by atoms with Gasteiger partial charge in [-0.05, 0) is 64.7 Å². The maximum atomic E-state index is 6.13. The highest BCUT2D eigenvalue weighted by molar-refractivity contribution is 6.05. The van der Waals surface area contributed by atoms with E-state index in [1.54, 1.807) is 0 Å². The fourth-order valence-electron chi connectivity index (χ4n) is 5.87. The first kappa shape index (κ1) is 25.8. The van der Waals surface area contributed by atoms with E-state index in [-0.39, 0.29) is 0 Å². The van der Waals surface area contributed by atoms with Gasteiger partial charge in [0, 0.05) is 45.7 Å². The normalized spacial score (nSPS) is 11.2. The van der Waals surface area contributed by atoms with Crippen LogP contribution in [0.25, 0.3) is 55.4 Å². The molecule has 3 nitrogen and oxygen atoms in total. The lowest BCUT2D eigenvalue weighted by atomic mass is 10.0. The van der Waals surface area contributed by atoms with Crippen LogP contribution in [0.3, 0.4) is 0 Å². The zero-order chi connectivity index (χ0) is 29.3. The first-order chi connectivity index (χ1) is 21.8. The Balaban J connectivity index is 1.16. The van der Waals surface area contributed by atoms with Crippen LogP contribution in [-0.4, -0.2) is 4.98 Å². The molecule has 208 valence electrons. The molecule has 0 aliphatic rings. The molecular formula is C41H28N2O. The van der Waals surface area contributed by atoms with Crippen LogP contribution in [0.1, 0.15) is 0 Å². The number of rotatable bonds is 6. The van der Waals surface area contributed by atoms with Crippen molar-refractivity contribution < 1.29 is 4.42 Å². The van der Waals surface area contributed by atoms with Gasteiger partial charge in [-0.25, -0.2) is 0 Å². The number of hydrogen-bond donors (Lipinski definition) is 0. The number of fused-ring (bicyclic) bond motifs is 3. The number of furan rings is 1. The predicted molar refractivity (Wildman–Crippen MR) is 183 cm³/mol. The van der Waals surface area contributed by atoms with Crippen LogP contribution < -0.4 is 4.90 Å². The van der Waals surface area contributed by atoms with Crippen molar-refractivity contribution in [2.75, 3.05) is 4.90 Å². The molecule has 0 aliphatic heterocycles. The van der Waals surface area contributed by atoms with E-state index < -0.39 is 0 Å². The first-order valence-corrected chi connectivity index (χ1v) is 14.8. The third kappa shape index (κ3) is 4.81. The fourth-order valence-corrected chi connectivity index (χ4v) is 5.87. The van der Waals surface area contributed by atoms with Gasteiger partial charge in [0.25, 0.3) is 0 Å². The highest BCUT2D eigenvalue weighted by atomic mass is 16.3. The lowest BCUT2D eigenvalue weighted by Crippen LogP contribution is -2.09. The van der Waals surface area contributed by atoms with E-state index in [0.717, 1.165) is 50.3 Å². The number of anilines is 3. The summed E-state index contributed by atoms with van der Waals surface area (Å²) in [5.74, 6) is 0. The van der Waals surface area contributed by atoms with Gasteiger partial charge in [-0.15, -0.1) is 0 Å². The minimum atomic E-state index is 0.846. The minimum Gasteiger partial charge on any atom is -0.456 e. The largest absolute Gasteiger partial charge is 0.456 e. The molecule has 3 heteroatoms. The Morgan fingerprint density at radius 3 is 1.39 bits per heavy atom. The monoisotopic (exact) mass is 564 g/mol. The van der Waals surface area contributed by atoms with Crippen LogP contribution in [0.15, 0.2) is 174 Å². The van der Waals surface area contributed by atoms with Gasteiger partial charge in [0.05, 0.1) is 5.69 Å². The van der Waals surface area contributed by atoms with Crippen molar-refractivity contribution >= 4 is 39.0 Å². The average Bonchev–Trinajstić information content (AvgIpc) is 3.48. The number of benzene rings is 6. The van der Waals surface area contributed by atoms with Gasteiger partial charge in [-0.2, -0.15) is 0 Å². The predicted octanol–water partition coefficient (Wildman–Crippen LogP) is 11.5. The maximum absolute atomic E-state index is 6.13. The Kier molecular flexibility index (Phi) is 6.47. The van der Waals surface area contributed by atoms with Gasteiger partial charge in [-0.1, -0.05) is 115 Å². The Morgan fingerprint density at radius 2 is 0.841 bits per heavy atom. The van der Waals surface area contributed by atoms with E-state index in [1.165, 1.54) is 22.3 Å². The number of nitrogens with zero attached hydrogens (tertiary/aromatic N) is 2. The summed E-state index contributed by atoms with van der Waals surface area (Å²) in [5, 5.41) is 2.12. The molecule has 44 heavy (non-hydrogen) atoms. The molecule has 0 saturated heterocycles. The molecule has 0 fully saturated rings. The van der Waals surface area contributed by atoms with Gasteiger partial charge in [0.15, 0.2) is 0 Å². The van der Waals surface area contributed by atoms with E-state index in [9.17, 15) is 0 Å². The van der Waals surface area contributed by atoms with Crippen molar-refractivity contribution in [1.29, 1.82) is 0 Å². The van der Waals surface area contributed by atoms with Crippen LogP contribution in [0.5, 0.6) is 0 Å².